The van der Waals surface area contributed by atoms with Crippen LogP contribution in [-0.4, -0.2) is 24.3 Å². The predicted octanol–water partition coefficient (Wildman–Crippen LogP) is 1.15. The summed E-state index contributed by atoms with van der Waals surface area (Å²) >= 11 is 0. The molecule has 1 unspecified atom stereocenters. The quantitative estimate of drug-likeness (QED) is 0.807. The van der Waals surface area contributed by atoms with Crippen molar-refractivity contribution in [2.24, 2.45) is 0 Å². The second-order valence-corrected chi connectivity index (χ2v) is 3.30. The van der Waals surface area contributed by atoms with Crippen LogP contribution in [0.15, 0.2) is 18.2 Å². The SMILES string of the molecule is N#CC(C(=O)O)c1ccc2c(c1)OCCO2. The lowest BCUT2D eigenvalue weighted by Crippen LogP contribution is -2.16. The summed E-state index contributed by atoms with van der Waals surface area (Å²) in [6, 6.07) is 6.45. The number of aliphatic carboxylic acids is 1. The second kappa shape index (κ2) is 4.11. The van der Waals surface area contributed by atoms with Crippen LogP contribution in [0.1, 0.15) is 11.5 Å². The number of nitriles is 1. The Balaban J connectivity index is 2.36. The number of rotatable bonds is 2. The summed E-state index contributed by atoms with van der Waals surface area (Å²) in [6.07, 6.45) is 0. The largest absolute Gasteiger partial charge is 0.486 e. The average Bonchev–Trinajstić information content (AvgIpc) is 2.29. The maximum Gasteiger partial charge on any atom is 0.325 e. The summed E-state index contributed by atoms with van der Waals surface area (Å²) in [6.45, 7) is 0.910. The van der Waals surface area contributed by atoms with Gasteiger partial charge >= 0.3 is 5.97 Å². The van der Waals surface area contributed by atoms with Gasteiger partial charge in [0.25, 0.3) is 0 Å². The molecule has 1 aliphatic heterocycles. The Bertz CT molecular complexity index is 464. The molecule has 0 spiro atoms. The van der Waals surface area contributed by atoms with Crippen LogP contribution in [-0.2, 0) is 4.79 Å². The van der Waals surface area contributed by atoms with E-state index < -0.39 is 11.9 Å². The van der Waals surface area contributed by atoms with E-state index in [1.54, 1.807) is 18.2 Å². The summed E-state index contributed by atoms with van der Waals surface area (Å²) in [5.41, 5.74) is 0.402. The normalized spacial score (nSPS) is 14.9. The van der Waals surface area contributed by atoms with Crippen LogP contribution >= 0.6 is 0 Å². The van der Waals surface area contributed by atoms with Gasteiger partial charge < -0.3 is 14.6 Å². The van der Waals surface area contributed by atoms with Gasteiger partial charge in [-0.1, -0.05) is 6.07 Å². The Morgan fingerprint density at radius 1 is 1.38 bits per heavy atom. The number of nitrogens with zero attached hydrogens (tertiary/aromatic N) is 1. The van der Waals surface area contributed by atoms with Crippen molar-refractivity contribution in [3.05, 3.63) is 23.8 Å². The molecule has 1 heterocycles. The van der Waals surface area contributed by atoms with Crippen molar-refractivity contribution >= 4 is 5.97 Å². The van der Waals surface area contributed by atoms with Crippen molar-refractivity contribution in [1.29, 1.82) is 5.26 Å². The number of hydrogen-bond acceptors (Lipinski definition) is 4. The number of carboxylic acids is 1. The standard InChI is InChI=1S/C11H9NO4/c12-6-8(11(13)14)7-1-2-9-10(5-7)16-4-3-15-9/h1-2,5,8H,3-4H2,(H,13,14). The molecule has 1 aromatic carbocycles. The highest BCUT2D eigenvalue weighted by molar-refractivity contribution is 5.79. The molecule has 5 heteroatoms. The Kier molecular flexibility index (Phi) is 2.64. The number of carboxylic acid groups (broad SMARTS) is 1. The third-order valence-electron chi connectivity index (χ3n) is 2.28. The molecular formula is C11H9NO4. The van der Waals surface area contributed by atoms with Gasteiger partial charge in [0.15, 0.2) is 17.4 Å². The maximum atomic E-state index is 10.8. The first kappa shape index (κ1) is 10.3. The first-order chi connectivity index (χ1) is 7.72. The fourth-order valence-corrected chi connectivity index (χ4v) is 1.51. The molecule has 5 nitrogen and oxygen atoms in total. The van der Waals surface area contributed by atoms with E-state index in [1.807, 2.05) is 0 Å². The highest BCUT2D eigenvalue weighted by Gasteiger charge is 2.21. The Labute approximate surface area is 91.8 Å². The van der Waals surface area contributed by atoms with E-state index in [4.69, 9.17) is 19.8 Å². The molecule has 1 aromatic rings. The van der Waals surface area contributed by atoms with Gasteiger partial charge in [0.1, 0.15) is 13.2 Å². The summed E-state index contributed by atoms with van der Waals surface area (Å²) in [4.78, 5) is 10.8. The molecule has 0 fully saturated rings. The van der Waals surface area contributed by atoms with Crippen LogP contribution in [0.3, 0.4) is 0 Å². The van der Waals surface area contributed by atoms with Crippen molar-refractivity contribution in [3.63, 3.8) is 0 Å². The first-order valence-corrected chi connectivity index (χ1v) is 4.74. The average molecular weight is 219 g/mol. The van der Waals surface area contributed by atoms with E-state index in [0.29, 0.717) is 30.3 Å². The van der Waals surface area contributed by atoms with Gasteiger partial charge in [-0.2, -0.15) is 5.26 Å². The summed E-state index contributed by atoms with van der Waals surface area (Å²) < 4.78 is 10.6. The molecule has 0 bridgehead atoms. The third kappa shape index (κ3) is 1.77. The zero-order chi connectivity index (χ0) is 11.5. The number of ether oxygens (including phenoxy) is 2. The third-order valence-corrected chi connectivity index (χ3v) is 2.28. The molecule has 1 aliphatic rings. The monoisotopic (exact) mass is 219 g/mol. The van der Waals surface area contributed by atoms with Gasteiger partial charge in [-0.3, -0.25) is 4.79 Å². The van der Waals surface area contributed by atoms with Gasteiger partial charge in [0.2, 0.25) is 0 Å². The Morgan fingerprint density at radius 2 is 2.06 bits per heavy atom. The molecule has 0 saturated carbocycles. The topological polar surface area (TPSA) is 79.6 Å². The molecule has 16 heavy (non-hydrogen) atoms. The number of fused-ring (bicyclic) bond motifs is 1. The molecular weight excluding hydrogens is 210 g/mol. The molecule has 0 saturated heterocycles. The minimum atomic E-state index is -1.17. The molecule has 2 rings (SSSR count). The minimum Gasteiger partial charge on any atom is -0.486 e. The molecule has 82 valence electrons. The van der Waals surface area contributed by atoms with Crippen LogP contribution in [0.5, 0.6) is 11.5 Å². The smallest absolute Gasteiger partial charge is 0.325 e. The highest BCUT2D eigenvalue weighted by atomic mass is 16.6. The van der Waals surface area contributed by atoms with Crippen molar-refractivity contribution < 1.29 is 19.4 Å². The van der Waals surface area contributed by atoms with E-state index in [1.165, 1.54) is 6.07 Å². The van der Waals surface area contributed by atoms with Crippen LogP contribution in [0.2, 0.25) is 0 Å². The predicted molar refractivity (Wildman–Crippen MR) is 53.4 cm³/mol. The highest BCUT2D eigenvalue weighted by Crippen LogP contribution is 2.33. The van der Waals surface area contributed by atoms with Crippen LogP contribution in [0, 0.1) is 11.3 Å². The van der Waals surface area contributed by atoms with E-state index in [9.17, 15) is 4.79 Å². The lowest BCUT2D eigenvalue weighted by atomic mass is 10.0. The number of benzene rings is 1. The van der Waals surface area contributed by atoms with E-state index in [0.717, 1.165) is 0 Å². The zero-order valence-electron chi connectivity index (χ0n) is 8.34. The van der Waals surface area contributed by atoms with Gasteiger partial charge in [-0.05, 0) is 17.7 Å². The molecule has 0 aromatic heterocycles. The minimum absolute atomic E-state index is 0.402. The van der Waals surface area contributed by atoms with Gasteiger partial charge in [-0.15, -0.1) is 0 Å². The number of hydrogen-bond donors (Lipinski definition) is 1. The first-order valence-electron chi connectivity index (χ1n) is 4.74. The molecule has 0 aliphatic carbocycles. The van der Waals surface area contributed by atoms with E-state index in [2.05, 4.69) is 0 Å². The zero-order valence-corrected chi connectivity index (χ0v) is 8.34. The molecule has 0 radical (unpaired) electrons. The Morgan fingerprint density at radius 3 is 2.69 bits per heavy atom. The lowest BCUT2D eigenvalue weighted by Gasteiger charge is -2.19. The molecule has 0 amide bonds. The lowest BCUT2D eigenvalue weighted by molar-refractivity contribution is -0.137. The maximum absolute atomic E-state index is 10.8. The second-order valence-electron chi connectivity index (χ2n) is 3.30. The van der Waals surface area contributed by atoms with Crippen molar-refractivity contribution in [2.75, 3.05) is 13.2 Å². The van der Waals surface area contributed by atoms with Crippen molar-refractivity contribution in [3.8, 4) is 17.6 Å². The molecule has 1 atom stereocenters. The van der Waals surface area contributed by atoms with Crippen LogP contribution in [0.4, 0.5) is 0 Å². The summed E-state index contributed by atoms with van der Waals surface area (Å²) in [5.74, 6) is -1.27. The molecule has 1 N–H and O–H groups in total. The summed E-state index contributed by atoms with van der Waals surface area (Å²) in [5, 5.41) is 17.6. The fraction of sp³-hybridized carbons (Fsp3) is 0.273. The van der Waals surface area contributed by atoms with Gasteiger partial charge in [-0.25, -0.2) is 0 Å². The van der Waals surface area contributed by atoms with Crippen molar-refractivity contribution in [1.82, 2.24) is 0 Å². The Hall–Kier alpha value is -2.22. The van der Waals surface area contributed by atoms with E-state index >= 15 is 0 Å². The van der Waals surface area contributed by atoms with E-state index in [-0.39, 0.29) is 0 Å². The number of carbonyl (C=O) groups is 1. The van der Waals surface area contributed by atoms with Gasteiger partial charge in [0.05, 0.1) is 6.07 Å². The van der Waals surface area contributed by atoms with Crippen LogP contribution in [0.25, 0.3) is 0 Å². The summed E-state index contributed by atoms with van der Waals surface area (Å²) in [7, 11) is 0. The van der Waals surface area contributed by atoms with Crippen molar-refractivity contribution in [2.45, 2.75) is 5.92 Å². The fourth-order valence-electron chi connectivity index (χ4n) is 1.51. The van der Waals surface area contributed by atoms with Gasteiger partial charge in [0, 0.05) is 0 Å². The van der Waals surface area contributed by atoms with Crippen LogP contribution < -0.4 is 9.47 Å².